The van der Waals surface area contributed by atoms with Crippen molar-refractivity contribution in [2.45, 2.75) is 18.7 Å². The van der Waals surface area contributed by atoms with Crippen LogP contribution in [0, 0.1) is 11.3 Å². The first-order valence-corrected chi connectivity index (χ1v) is 9.76. The number of hydrogen-bond donors (Lipinski definition) is 1. The third-order valence-corrected chi connectivity index (χ3v) is 6.18. The van der Waals surface area contributed by atoms with Crippen molar-refractivity contribution < 1.29 is 13.2 Å². The van der Waals surface area contributed by atoms with Gasteiger partial charge in [0.05, 0.1) is 15.5 Å². The van der Waals surface area contributed by atoms with Crippen LogP contribution in [-0.2, 0) is 10.0 Å². The zero-order chi connectivity index (χ0) is 19.3. The fraction of sp³-hybridized carbons (Fsp3) is 0.222. The summed E-state index contributed by atoms with van der Waals surface area (Å²) in [6.45, 7) is 4.29. The smallest absolute Gasteiger partial charge is 0.255 e. The second-order valence-electron chi connectivity index (χ2n) is 5.37. The summed E-state index contributed by atoms with van der Waals surface area (Å²) in [5.41, 5.74) is 1.07. The third kappa shape index (κ3) is 4.22. The van der Waals surface area contributed by atoms with Gasteiger partial charge in [0.15, 0.2) is 0 Å². The van der Waals surface area contributed by atoms with E-state index in [1.807, 2.05) is 6.07 Å². The van der Waals surface area contributed by atoms with Gasteiger partial charge in [-0.05, 0) is 42.5 Å². The van der Waals surface area contributed by atoms with Crippen LogP contribution in [0.4, 0.5) is 5.69 Å². The molecule has 0 aliphatic heterocycles. The molecule has 0 saturated heterocycles. The molecule has 136 valence electrons. The number of rotatable bonds is 6. The lowest BCUT2D eigenvalue weighted by molar-refractivity contribution is 0.102. The number of nitrogens with one attached hydrogen (secondary N) is 1. The maximum absolute atomic E-state index is 12.4. The van der Waals surface area contributed by atoms with E-state index in [0.717, 1.165) is 0 Å². The number of anilines is 1. The van der Waals surface area contributed by atoms with Crippen molar-refractivity contribution in [2.24, 2.45) is 0 Å². The average molecular weight is 392 g/mol. The fourth-order valence-electron chi connectivity index (χ4n) is 2.38. The van der Waals surface area contributed by atoms with E-state index < -0.39 is 15.9 Å². The van der Waals surface area contributed by atoms with Crippen molar-refractivity contribution >= 4 is 33.2 Å². The number of carbonyl (C=O) groups excluding carboxylic acids is 1. The van der Waals surface area contributed by atoms with Gasteiger partial charge in [0, 0.05) is 24.3 Å². The minimum absolute atomic E-state index is 0.138. The highest BCUT2D eigenvalue weighted by Crippen LogP contribution is 2.21. The monoisotopic (exact) mass is 391 g/mol. The van der Waals surface area contributed by atoms with Gasteiger partial charge < -0.3 is 5.32 Å². The minimum atomic E-state index is -3.56. The topological polar surface area (TPSA) is 90.3 Å². The Hall–Kier alpha value is -2.40. The van der Waals surface area contributed by atoms with Gasteiger partial charge in [-0.1, -0.05) is 25.4 Å². The molecule has 0 saturated carbocycles. The van der Waals surface area contributed by atoms with E-state index >= 15 is 0 Å². The van der Waals surface area contributed by atoms with E-state index in [2.05, 4.69) is 5.32 Å². The maximum atomic E-state index is 12.4. The number of sulfonamides is 1. The van der Waals surface area contributed by atoms with Crippen molar-refractivity contribution in [3.63, 3.8) is 0 Å². The van der Waals surface area contributed by atoms with E-state index in [9.17, 15) is 13.2 Å². The quantitative estimate of drug-likeness (QED) is 0.815. The lowest BCUT2D eigenvalue weighted by Gasteiger charge is -2.18. The van der Waals surface area contributed by atoms with Crippen LogP contribution in [0.1, 0.15) is 29.8 Å². The van der Waals surface area contributed by atoms with Crippen molar-refractivity contribution in [1.29, 1.82) is 5.26 Å². The SMILES string of the molecule is CCN(CC)S(=O)(=O)c1ccc(C(=O)Nc2ccc(C#N)c(Cl)c2)cc1. The van der Waals surface area contributed by atoms with Crippen LogP contribution in [0.25, 0.3) is 0 Å². The zero-order valence-corrected chi connectivity index (χ0v) is 15.9. The summed E-state index contributed by atoms with van der Waals surface area (Å²) in [7, 11) is -3.56. The van der Waals surface area contributed by atoms with Gasteiger partial charge in [0.1, 0.15) is 6.07 Å². The molecule has 0 fully saturated rings. The normalized spacial score (nSPS) is 11.2. The molecule has 0 spiro atoms. The molecular formula is C18H18ClN3O3S. The molecule has 2 rings (SSSR count). The molecule has 2 aromatic rings. The Morgan fingerprint density at radius 3 is 2.27 bits per heavy atom. The Bertz CT molecular complexity index is 947. The predicted octanol–water partition coefficient (Wildman–Crippen LogP) is 3.49. The van der Waals surface area contributed by atoms with Crippen molar-refractivity contribution in [1.82, 2.24) is 4.31 Å². The number of halogens is 1. The minimum Gasteiger partial charge on any atom is -0.322 e. The van der Waals surface area contributed by atoms with Crippen LogP contribution < -0.4 is 5.32 Å². The molecule has 8 heteroatoms. The van der Waals surface area contributed by atoms with E-state index in [1.54, 1.807) is 19.9 Å². The van der Waals surface area contributed by atoms with E-state index in [0.29, 0.717) is 29.9 Å². The summed E-state index contributed by atoms with van der Waals surface area (Å²) >= 11 is 5.94. The van der Waals surface area contributed by atoms with Crippen molar-refractivity contribution in [3.05, 3.63) is 58.6 Å². The fourth-order valence-corrected chi connectivity index (χ4v) is 4.06. The van der Waals surface area contributed by atoms with Crippen LogP contribution in [0.15, 0.2) is 47.4 Å². The molecule has 0 aliphatic carbocycles. The number of nitriles is 1. The van der Waals surface area contributed by atoms with E-state index in [-0.39, 0.29) is 9.92 Å². The van der Waals surface area contributed by atoms with Crippen molar-refractivity contribution in [2.75, 3.05) is 18.4 Å². The Kier molecular flexibility index (Phi) is 6.37. The summed E-state index contributed by atoms with van der Waals surface area (Å²) in [6.07, 6.45) is 0. The Labute approximate surface area is 158 Å². The molecule has 6 nitrogen and oxygen atoms in total. The molecule has 0 aliphatic rings. The average Bonchev–Trinajstić information content (AvgIpc) is 2.62. The number of nitrogens with zero attached hydrogens (tertiary/aromatic N) is 2. The van der Waals surface area contributed by atoms with Gasteiger partial charge in [0.2, 0.25) is 10.0 Å². The largest absolute Gasteiger partial charge is 0.322 e. The van der Waals surface area contributed by atoms with Crippen LogP contribution in [0.5, 0.6) is 0 Å². The summed E-state index contributed by atoms with van der Waals surface area (Å²) in [5.74, 6) is -0.405. The number of hydrogen-bond acceptors (Lipinski definition) is 4. The Balaban J connectivity index is 2.19. The summed E-state index contributed by atoms with van der Waals surface area (Å²) in [6, 6.07) is 12.2. The molecule has 1 amide bonds. The molecule has 0 heterocycles. The molecule has 0 aromatic heterocycles. The summed E-state index contributed by atoms with van der Waals surface area (Å²) < 4.78 is 26.2. The highest BCUT2D eigenvalue weighted by Gasteiger charge is 2.21. The molecule has 0 unspecified atom stereocenters. The number of carbonyl (C=O) groups is 1. The Morgan fingerprint density at radius 2 is 1.77 bits per heavy atom. The molecule has 0 atom stereocenters. The van der Waals surface area contributed by atoms with Crippen molar-refractivity contribution in [3.8, 4) is 6.07 Å². The van der Waals surface area contributed by atoms with Gasteiger partial charge in [-0.2, -0.15) is 9.57 Å². The second kappa shape index (κ2) is 8.32. The highest BCUT2D eigenvalue weighted by molar-refractivity contribution is 7.89. The summed E-state index contributed by atoms with van der Waals surface area (Å²) in [5, 5.41) is 11.8. The van der Waals surface area contributed by atoms with Crippen LogP contribution in [0.2, 0.25) is 5.02 Å². The predicted molar refractivity (Wildman–Crippen MR) is 101 cm³/mol. The number of benzene rings is 2. The molecule has 0 bridgehead atoms. The summed E-state index contributed by atoms with van der Waals surface area (Å²) in [4.78, 5) is 12.4. The van der Waals surface area contributed by atoms with Gasteiger partial charge in [-0.3, -0.25) is 4.79 Å². The maximum Gasteiger partial charge on any atom is 0.255 e. The zero-order valence-electron chi connectivity index (χ0n) is 14.4. The molecular weight excluding hydrogens is 374 g/mol. The van der Waals surface area contributed by atoms with Gasteiger partial charge in [-0.15, -0.1) is 0 Å². The van der Waals surface area contributed by atoms with E-state index in [4.69, 9.17) is 16.9 Å². The highest BCUT2D eigenvalue weighted by atomic mass is 35.5. The molecule has 2 aromatic carbocycles. The first-order valence-electron chi connectivity index (χ1n) is 7.94. The van der Waals surface area contributed by atoms with Crippen LogP contribution >= 0.6 is 11.6 Å². The standard InChI is InChI=1S/C18H18ClN3O3S/c1-3-22(4-2)26(24,25)16-9-6-13(7-10-16)18(23)21-15-8-5-14(12-20)17(19)11-15/h5-11H,3-4H2,1-2H3,(H,21,23). The van der Waals surface area contributed by atoms with E-state index in [1.165, 1.54) is 40.7 Å². The lowest BCUT2D eigenvalue weighted by atomic mass is 10.2. The van der Waals surface area contributed by atoms with Crippen LogP contribution in [0.3, 0.4) is 0 Å². The Morgan fingerprint density at radius 1 is 1.15 bits per heavy atom. The first kappa shape index (κ1) is 19.9. The first-order chi connectivity index (χ1) is 12.3. The third-order valence-electron chi connectivity index (χ3n) is 3.81. The number of amides is 1. The van der Waals surface area contributed by atoms with Gasteiger partial charge >= 0.3 is 0 Å². The van der Waals surface area contributed by atoms with Crippen LogP contribution in [-0.4, -0.2) is 31.7 Å². The second-order valence-corrected chi connectivity index (χ2v) is 7.72. The van der Waals surface area contributed by atoms with Gasteiger partial charge in [0.25, 0.3) is 5.91 Å². The molecule has 1 N–H and O–H groups in total. The molecule has 0 radical (unpaired) electrons. The van der Waals surface area contributed by atoms with Gasteiger partial charge in [-0.25, -0.2) is 8.42 Å². The lowest BCUT2D eigenvalue weighted by Crippen LogP contribution is -2.30. The molecule has 26 heavy (non-hydrogen) atoms.